The van der Waals surface area contributed by atoms with Crippen molar-refractivity contribution in [3.8, 4) is 5.75 Å². The number of carbonyl (C=O) groups is 1. The molecule has 0 aliphatic rings. The lowest BCUT2D eigenvalue weighted by Gasteiger charge is -2.00. The molecule has 1 aromatic carbocycles. The molecule has 0 bridgehead atoms. The van der Waals surface area contributed by atoms with Crippen molar-refractivity contribution in [3.05, 3.63) is 40.9 Å². The van der Waals surface area contributed by atoms with Crippen molar-refractivity contribution in [1.82, 2.24) is 4.98 Å². The molecule has 5 heteroatoms. The first-order chi connectivity index (χ1) is 7.70. The molecule has 0 fully saturated rings. The van der Waals surface area contributed by atoms with Gasteiger partial charge in [0.25, 0.3) is 0 Å². The highest BCUT2D eigenvalue weighted by molar-refractivity contribution is 7.17. The van der Waals surface area contributed by atoms with Gasteiger partial charge < -0.3 is 10.5 Å². The number of rotatable bonds is 3. The molecule has 16 heavy (non-hydrogen) atoms. The lowest BCUT2D eigenvalue weighted by Crippen LogP contribution is -1.98. The van der Waals surface area contributed by atoms with E-state index in [9.17, 15) is 4.79 Å². The van der Waals surface area contributed by atoms with Crippen LogP contribution in [0.25, 0.3) is 0 Å². The van der Waals surface area contributed by atoms with Crippen LogP contribution in [0, 0.1) is 0 Å². The molecule has 0 amide bonds. The Morgan fingerprint density at radius 3 is 2.56 bits per heavy atom. The number of hydrogen-bond donors (Lipinski definition) is 1. The van der Waals surface area contributed by atoms with Gasteiger partial charge in [-0.2, -0.15) is 0 Å². The smallest absolute Gasteiger partial charge is 0.204 e. The fraction of sp³-hybridized carbons (Fsp3) is 0.0909. The van der Waals surface area contributed by atoms with Crippen LogP contribution in [0.2, 0.25) is 0 Å². The van der Waals surface area contributed by atoms with Gasteiger partial charge in [0, 0.05) is 5.56 Å². The van der Waals surface area contributed by atoms with Gasteiger partial charge in [-0.15, -0.1) is 0 Å². The maximum absolute atomic E-state index is 11.9. The number of nitrogens with two attached hydrogens (primary N) is 1. The molecular weight excluding hydrogens is 224 g/mol. The Morgan fingerprint density at radius 1 is 1.38 bits per heavy atom. The second-order valence-corrected chi connectivity index (χ2v) is 4.18. The molecule has 2 aromatic rings. The summed E-state index contributed by atoms with van der Waals surface area (Å²) in [5.74, 6) is 0.650. The minimum atomic E-state index is -0.0724. The largest absolute Gasteiger partial charge is 0.497 e. The molecule has 0 atom stereocenters. The summed E-state index contributed by atoms with van der Waals surface area (Å²) >= 11 is 1.19. The van der Waals surface area contributed by atoms with E-state index >= 15 is 0 Å². The van der Waals surface area contributed by atoms with Crippen molar-refractivity contribution in [2.75, 3.05) is 12.8 Å². The van der Waals surface area contributed by atoms with Crippen LogP contribution < -0.4 is 10.5 Å². The Balaban J connectivity index is 2.27. The molecule has 0 radical (unpaired) electrons. The summed E-state index contributed by atoms with van der Waals surface area (Å²) in [6.07, 6.45) is 1.49. The van der Waals surface area contributed by atoms with Gasteiger partial charge in [0.15, 0.2) is 5.13 Å². The van der Waals surface area contributed by atoms with E-state index in [-0.39, 0.29) is 5.78 Å². The Bertz CT molecular complexity index is 505. The van der Waals surface area contributed by atoms with Crippen LogP contribution in [-0.2, 0) is 0 Å². The Labute approximate surface area is 96.7 Å². The van der Waals surface area contributed by atoms with Crippen LogP contribution in [-0.4, -0.2) is 17.9 Å². The van der Waals surface area contributed by atoms with Crippen LogP contribution in [0.5, 0.6) is 5.75 Å². The molecule has 1 aromatic heterocycles. The maximum Gasteiger partial charge on any atom is 0.204 e. The van der Waals surface area contributed by atoms with Gasteiger partial charge in [-0.1, -0.05) is 11.3 Å². The average Bonchev–Trinajstić information content (AvgIpc) is 2.75. The maximum atomic E-state index is 11.9. The van der Waals surface area contributed by atoms with Crippen molar-refractivity contribution in [2.24, 2.45) is 0 Å². The van der Waals surface area contributed by atoms with Crippen LogP contribution in [0.15, 0.2) is 30.5 Å². The number of carbonyl (C=O) groups excluding carboxylic acids is 1. The lowest BCUT2D eigenvalue weighted by molar-refractivity contribution is 0.104. The predicted octanol–water partition coefficient (Wildman–Crippen LogP) is 1.96. The van der Waals surface area contributed by atoms with Gasteiger partial charge >= 0.3 is 0 Å². The summed E-state index contributed by atoms with van der Waals surface area (Å²) in [5.41, 5.74) is 6.08. The minimum absolute atomic E-state index is 0.0724. The number of thiazole rings is 1. The van der Waals surface area contributed by atoms with Crippen molar-refractivity contribution in [1.29, 1.82) is 0 Å². The summed E-state index contributed by atoms with van der Waals surface area (Å²) in [6.45, 7) is 0. The number of benzene rings is 1. The molecule has 0 saturated carbocycles. The fourth-order valence-electron chi connectivity index (χ4n) is 1.28. The molecule has 0 spiro atoms. The van der Waals surface area contributed by atoms with E-state index in [2.05, 4.69) is 4.98 Å². The molecule has 0 aliphatic carbocycles. The quantitative estimate of drug-likeness (QED) is 0.824. The van der Waals surface area contributed by atoms with Crippen molar-refractivity contribution in [3.63, 3.8) is 0 Å². The van der Waals surface area contributed by atoms with Crippen LogP contribution >= 0.6 is 11.3 Å². The van der Waals surface area contributed by atoms with E-state index in [0.29, 0.717) is 15.6 Å². The topological polar surface area (TPSA) is 65.2 Å². The molecule has 1 heterocycles. The standard InChI is InChI=1S/C11H10N2O2S/c1-15-8-4-2-7(3-5-8)10(14)9-6-13-11(12)16-9/h2-6H,1H3,(H2,12,13). The summed E-state index contributed by atoms with van der Waals surface area (Å²) in [7, 11) is 1.58. The summed E-state index contributed by atoms with van der Waals surface area (Å²) < 4.78 is 5.02. The monoisotopic (exact) mass is 234 g/mol. The van der Waals surface area contributed by atoms with Crippen LogP contribution in [0.1, 0.15) is 15.2 Å². The fourth-order valence-corrected chi connectivity index (χ4v) is 1.92. The Kier molecular flexibility index (Phi) is 2.87. The van der Waals surface area contributed by atoms with Gasteiger partial charge in [-0.05, 0) is 24.3 Å². The SMILES string of the molecule is COc1ccc(C(=O)c2cnc(N)s2)cc1. The first kappa shape index (κ1) is 10.6. The number of anilines is 1. The van der Waals surface area contributed by atoms with Gasteiger partial charge in [0.2, 0.25) is 5.78 Å². The third-order valence-electron chi connectivity index (χ3n) is 2.10. The Morgan fingerprint density at radius 2 is 2.06 bits per heavy atom. The van der Waals surface area contributed by atoms with Gasteiger partial charge in [-0.25, -0.2) is 4.98 Å². The molecule has 4 nitrogen and oxygen atoms in total. The molecule has 0 unspecified atom stereocenters. The number of methoxy groups -OCH3 is 1. The van der Waals surface area contributed by atoms with Gasteiger partial charge in [0.05, 0.1) is 18.2 Å². The molecular formula is C11H10N2O2S. The molecule has 0 aliphatic heterocycles. The highest BCUT2D eigenvalue weighted by Gasteiger charge is 2.11. The third-order valence-corrected chi connectivity index (χ3v) is 2.92. The van der Waals surface area contributed by atoms with Crippen LogP contribution in [0.4, 0.5) is 5.13 Å². The molecule has 2 rings (SSSR count). The number of ether oxygens (including phenoxy) is 1. The summed E-state index contributed by atoms with van der Waals surface area (Å²) in [6, 6.07) is 6.93. The van der Waals surface area contributed by atoms with E-state index in [0.717, 1.165) is 5.75 Å². The summed E-state index contributed by atoms with van der Waals surface area (Å²) in [5, 5.41) is 0.400. The van der Waals surface area contributed by atoms with Gasteiger partial charge in [0.1, 0.15) is 5.75 Å². The normalized spacial score (nSPS) is 10.1. The molecule has 2 N–H and O–H groups in total. The highest BCUT2D eigenvalue weighted by Crippen LogP contribution is 2.20. The number of aromatic nitrogens is 1. The predicted molar refractivity (Wildman–Crippen MR) is 63.0 cm³/mol. The number of ketones is 1. The van der Waals surface area contributed by atoms with E-state index in [1.54, 1.807) is 31.4 Å². The van der Waals surface area contributed by atoms with E-state index < -0.39 is 0 Å². The number of nitrogen functional groups attached to an aromatic ring is 1. The first-order valence-corrected chi connectivity index (χ1v) is 5.42. The van der Waals surface area contributed by atoms with E-state index in [4.69, 9.17) is 10.5 Å². The average molecular weight is 234 g/mol. The second-order valence-electron chi connectivity index (χ2n) is 3.12. The van der Waals surface area contributed by atoms with E-state index in [1.165, 1.54) is 17.5 Å². The first-order valence-electron chi connectivity index (χ1n) is 4.61. The van der Waals surface area contributed by atoms with E-state index in [1.807, 2.05) is 0 Å². The zero-order valence-corrected chi connectivity index (χ0v) is 9.45. The Hall–Kier alpha value is -1.88. The van der Waals surface area contributed by atoms with Crippen LogP contribution in [0.3, 0.4) is 0 Å². The number of nitrogens with zero attached hydrogens (tertiary/aromatic N) is 1. The number of hydrogen-bond acceptors (Lipinski definition) is 5. The van der Waals surface area contributed by atoms with Crippen molar-refractivity contribution < 1.29 is 9.53 Å². The van der Waals surface area contributed by atoms with Crippen molar-refractivity contribution in [2.45, 2.75) is 0 Å². The van der Waals surface area contributed by atoms with Crippen molar-refractivity contribution >= 4 is 22.3 Å². The zero-order valence-electron chi connectivity index (χ0n) is 8.64. The molecule has 0 saturated heterocycles. The molecule has 82 valence electrons. The lowest BCUT2D eigenvalue weighted by atomic mass is 10.1. The minimum Gasteiger partial charge on any atom is -0.497 e. The van der Waals surface area contributed by atoms with Gasteiger partial charge in [-0.3, -0.25) is 4.79 Å². The second kappa shape index (κ2) is 4.32. The highest BCUT2D eigenvalue weighted by atomic mass is 32.1. The zero-order chi connectivity index (χ0) is 11.5. The summed E-state index contributed by atoms with van der Waals surface area (Å²) in [4.78, 5) is 16.3. The third kappa shape index (κ3) is 2.04.